The molecule has 1 aliphatic heterocycles. The molecule has 0 saturated carbocycles. The van der Waals surface area contributed by atoms with Crippen LogP contribution in [0.25, 0.3) is 6.08 Å². The van der Waals surface area contributed by atoms with Crippen LogP contribution in [0.2, 0.25) is 0 Å². The zero-order chi connectivity index (χ0) is 15.7. The molecule has 0 radical (unpaired) electrons. The van der Waals surface area contributed by atoms with Crippen molar-refractivity contribution in [2.45, 2.75) is 0 Å². The van der Waals surface area contributed by atoms with E-state index in [1.807, 2.05) is 0 Å². The van der Waals surface area contributed by atoms with Gasteiger partial charge in [-0.05, 0) is 48.0 Å². The van der Waals surface area contributed by atoms with Crippen LogP contribution in [0.5, 0.6) is 11.5 Å². The van der Waals surface area contributed by atoms with E-state index in [-0.39, 0.29) is 17.4 Å². The first-order valence-corrected chi connectivity index (χ1v) is 7.63. The highest BCUT2D eigenvalue weighted by Gasteiger charge is 2.33. The number of thiocarbonyl (C=S) groups is 1. The predicted octanol–water partition coefficient (Wildman–Crippen LogP) is 3.50. The Labute approximate surface area is 136 Å². The molecule has 2 aromatic rings. The van der Waals surface area contributed by atoms with Crippen LogP contribution in [0, 0.1) is 0 Å². The van der Waals surface area contributed by atoms with Crippen LogP contribution in [0.4, 0.5) is 5.69 Å². The van der Waals surface area contributed by atoms with Crippen molar-refractivity contribution < 1.29 is 15.0 Å². The molecule has 4 nitrogen and oxygen atoms in total. The van der Waals surface area contributed by atoms with Gasteiger partial charge in [-0.2, -0.15) is 0 Å². The summed E-state index contributed by atoms with van der Waals surface area (Å²) in [5.41, 5.74) is 1.43. The van der Waals surface area contributed by atoms with Crippen LogP contribution in [-0.2, 0) is 4.79 Å². The maximum absolute atomic E-state index is 12.5. The van der Waals surface area contributed by atoms with Crippen LogP contribution in [0.15, 0.2) is 53.4 Å². The lowest BCUT2D eigenvalue weighted by molar-refractivity contribution is -0.113. The Hall–Kier alpha value is -2.31. The molecule has 1 saturated heterocycles. The molecule has 0 unspecified atom stereocenters. The minimum atomic E-state index is -0.200. The smallest absolute Gasteiger partial charge is 0.270 e. The largest absolute Gasteiger partial charge is 0.508 e. The van der Waals surface area contributed by atoms with Gasteiger partial charge in [0.05, 0.1) is 10.6 Å². The fourth-order valence-electron chi connectivity index (χ4n) is 2.01. The quantitative estimate of drug-likeness (QED) is 0.652. The van der Waals surface area contributed by atoms with E-state index >= 15 is 0 Å². The minimum absolute atomic E-state index is 0.133. The molecule has 1 heterocycles. The molecule has 0 aliphatic carbocycles. The molecule has 0 atom stereocenters. The SMILES string of the molecule is O=C1/C(=C\c2ccc(O)cc2)SC(=S)N1c1ccc(O)cc1. The summed E-state index contributed by atoms with van der Waals surface area (Å²) < 4.78 is 0.445. The first-order valence-electron chi connectivity index (χ1n) is 6.40. The van der Waals surface area contributed by atoms with Gasteiger partial charge >= 0.3 is 0 Å². The van der Waals surface area contributed by atoms with Crippen molar-refractivity contribution >= 4 is 46.0 Å². The second-order valence-electron chi connectivity index (χ2n) is 4.63. The van der Waals surface area contributed by atoms with E-state index in [0.717, 1.165) is 5.56 Å². The van der Waals surface area contributed by atoms with Gasteiger partial charge in [0.2, 0.25) is 0 Å². The summed E-state index contributed by atoms with van der Waals surface area (Å²) in [6.45, 7) is 0. The van der Waals surface area contributed by atoms with E-state index in [9.17, 15) is 15.0 Å². The standard InChI is InChI=1S/C16H11NO3S2/c18-12-5-1-10(2-6-12)9-14-15(20)17(16(21)22-14)11-3-7-13(19)8-4-11/h1-9,18-19H/b14-9+. The van der Waals surface area contributed by atoms with Crippen LogP contribution in [0.1, 0.15) is 5.56 Å². The monoisotopic (exact) mass is 329 g/mol. The van der Waals surface area contributed by atoms with Gasteiger partial charge in [0.15, 0.2) is 4.32 Å². The van der Waals surface area contributed by atoms with Crippen molar-refractivity contribution in [2.75, 3.05) is 4.90 Å². The molecule has 1 aliphatic rings. The lowest BCUT2D eigenvalue weighted by atomic mass is 10.2. The Morgan fingerprint density at radius 3 is 2.09 bits per heavy atom. The van der Waals surface area contributed by atoms with E-state index in [2.05, 4.69) is 0 Å². The van der Waals surface area contributed by atoms with Gasteiger partial charge in [0.25, 0.3) is 5.91 Å². The minimum Gasteiger partial charge on any atom is -0.508 e. The molecule has 2 aromatic carbocycles. The maximum atomic E-state index is 12.5. The van der Waals surface area contributed by atoms with Crippen LogP contribution in [0.3, 0.4) is 0 Å². The molecular formula is C16H11NO3S2. The Bertz CT molecular complexity index is 767. The fraction of sp³-hybridized carbons (Fsp3) is 0. The molecule has 2 N–H and O–H groups in total. The third-order valence-electron chi connectivity index (χ3n) is 3.09. The van der Waals surface area contributed by atoms with Gasteiger partial charge in [-0.15, -0.1) is 0 Å². The molecular weight excluding hydrogens is 318 g/mol. The maximum Gasteiger partial charge on any atom is 0.270 e. The Morgan fingerprint density at radius 1 is 0.955 bits per heavy atom. The molecule has 110 valence electrons. The molecule has 1 fully saturated rings. The number of nitrogens with zero attached hydrogens (tertiary/aromatic N) is 1. The van der Waals surface area contributed by atoms with E-state index in [4.69, 9.17) is 12.2 Å². The zero-order valence-corrected chi connectivity index (χ0v) is 12.9. The number of anilines is 1. The number of carbonyl (C=O) groups is 1. The zero-order valence-electron chi connectivity index (χ0n) is 11.3. The number of amides is 1. The first-order chi connectivity index (χ1) is 10.5. The highest BCUT2D eigenvalue weighted by atomic mass is 32.2. The van der Waals surface area contributed by atoms with Gasteiger partial charge in [0.1, 0.15) is 11.5 Å². The molecule has 1 amide bonds. The summed E-state index contributed by atoms with van der Waals surface area (Å²) >= 11 is 6.49. The molecule has 0 aromatic heterocycles. The topological polar surface area (TPSA) is 60.8 Å². The first kappa shape index (κ1) is 14.6. The number of aromatic hydroxyl groups is 2. The number of hydrogen-bond donors (Lipinski definition) is 2. The van der Waals surface area contributed by atoms with Crippen molar-refractivity contribution in [3.8, 4) is 11.5 Å². The number of rotatable bonds is 2. The van der Waals surface area contributed by atoms with E-state index < -0.39 is 0 Å². The van der Waals surface area contributed by atoms with Gasteiger partial charge in [-0.25, -0.2) is 0 Å². The highest BCUT2D eigenvalue weighted by molar-refractivity contribution is 8.27. The summed E-state index contributed by atoms with van der Waals surface area (Å²) in [5, 5.41) is 18.6. The second-order valence-corrected chi connectivity index (χ2v) is 6.30. The summed E-state index contributed by atoms with van der Waals surface area (Å²) in [6.07, 6.45) is 1.74. The summed E-state index contributed by atoms with van der Waals surface area (Å²) in [4.78, 5) is 14.5. The second kappa shape index (κ2) is 5.82. The summed E-state index contributed by atoms with van der Waals surface area (Å²) in [7, 11) is 0. The molecule has 0 spiro atoms. The third kappa shape index (κ3) is 2.84. The van der Waals surface area contributed by atoms with Crippen LogP contribution < -0.4 is 4.90 Å². The number of hydrogen-bond acceptors (Lipinski definition) is 5. The van der Waals surface area contributed by atoms with Gasteiger partial charge in [0, 0.05) is 0 Å². The van der Waals surface area contributed by atoms with Crippen molar-refractivity contribution in [1.82, 2.24) is 0 Å². The summed E-state index contributed by atoms with van der Waals surface area (Å²) in [5.74, 6) is 0.108. The Morgan fingerprint density at radius 2 is 1.50 bits per heavy atom. The Kier molecular flexibility index (Phi) is 3.87. The molecule has 6 heteroatoms. The third-order valence-corrected chi connectivity index (χ3v) is 4.39. The number of phenolic OH excluding ortho intramolecular Hbond substituents is 2. The lowest BCUT2D eigenvalue weighted by Gasteiger charge is -2.14. The van der Waals surface area contributed by atoms with Gasteiger partial charge in [-0.3, -0.25) is 9.69 Å². The highest BCUT2D eigenvalue weighted by Crippen LogP contribution is 2.36. The average molecular weight is 329 g/mol. The van der Waals surface area contributed by atoms with Crippen molar-refractivity contribution in [3.63, 3.8) is 0 Å². The number of benzene rings is 2. The van der Waals surface area contributed by atoms with E-state index in [1.165, 1.54) is 28.8 Å². The lowest BCUT2D eigenvalue weighted by Crippen LogP contribution is -2.27. The predicted molar refractivity (Wildman–Crippen MR) is 91.9 cm³/mol. The van der Waals surface area contributed by atoms with Gasteiger partial charge < -0.3 is 10.2 Å². The fourth-order valence-corrected chi connectivity index (χ4v) is 3.31. The average Bonchev–Trinajstić information content (AvgIpc) is 2.77. The summed E-state index contributed by atoms with van der Waals surface area (Å²) in [6, 6.07) is 12.9. The van der Waals surface area contributed by atoms with Crippen molar-refractivity contribution in [2.24, 2.45) is 0 Å². The van der Waals surface area contributed by atoms with E-state index in [1.54, 1.807) is 42.5 Å². The van der Waals surface area contributed by atoms with Crippen LogP contribution >= 0.6 is 24.0 Å². The molecule has 3 rings (SSSR count). The molecule has 0 bridgehead atoms. The van der Waals surface area contributed by atoms with Gasteiger partial charge in [-0.1, -0.05) is 36.1 Å². The van der Waals surface area contributed by atoms with E-state index in [0.29, 0.717) is 14.9 Å². The van der Waals surface area contributed by atoms with Crippen molar-refractivity contribution in [1.29, 1.82) is 0 Å². The number of thioether (sulfide) groups is 1. The molecule has 22 heavy (non-hydrogen) atoms. The normalized spacial score (nSPS) is 16.5. The number of phenols is 2. The van der Waals surface area contributed by atoms with Crippen molar-refractivity contribution in [3.05, 3.63) is 59.0 Å². The van der Waals surface area contributed by atoms with Crippen LogP contribution in [-0.4, -0.2) is 20.4 Å². The number of carbonyl (C=O) groups excluding carboxylic acids is 1. The Balaban J connectivity index is 1.91.